The van der Waals surface area contributed by atoms with Crippen molar-refractivity contribution in [3.05, 3.63) is 53.6 Å². The van der Waals surface area contributed by atoms with Crippen LogP contribution in [0.1, 0.15) is 15.9 Å². The first-order valence-corrected chi connectivity index (χ1v) is 6.29. The minimum Gasteiger partial charge on any atom is -0.496 e. The molecule has 0 saturated carbocycles. The summed E-state index contributed by atoms with van der Waals surface area (Å²) in [5.41, 5.74) is 8.54. The summed E-state index contributed by atoms with van der Waals surface area (Å²) < 4.78 is 5.22. The number of hydrogen-bond acceptors (Lipinski definition) is 4. The topological polar surface area (TPSA) is 55.6 Å². The molecule has 0 unspecified atom stereocenters. The molecule has 0 radical (unpaired) electrons. The van der Waals surface area contributed by atoms with E-state index in [0.717, 1.165) is 5.69 Å². The number of nitrogens with two attached hydrogens (primary N) is 1. The van der Waals surface area contributed by atoms with E-state index in [9.17, 15) is 4.79 Å². The Morgan fingerprint density at radius 1 is 1.15 bits per heavy atom. The van der Waals surface area contributed by atoms with Crippen LogP contribution in [-0.2, 0) is 0 Å². The van der Waals surface area contributed by atoms with Crippen LogP contribution in [0.5, 0.6) is 5.75 Å². The standard InChI is InChI=1S/C16H18N2O2/c1-18(2)14-9-8-11(10-13(14)17)16(19)12-6-4-5-7-15(12)20-3/h4-10H,17H2,1-3H3. The number of benzene rings is 2. The van der Waals surface area contributed by atoms with Crippen molar-refractivity contribution in [2.45, 2.75) is 0 Å². The van der Waals surface area contributed by atoms with Gasteiger partial charge in [-0.1, -0.05) is 12.1 Å². The maximum Gasteiger partial charge on any atom is 0.196 e. The summed E-state index contributed by atoms with van der Waals surface area (Å²) in [4.78, 5) is 14.4. The Hall–Kier alpha value is -2.49. The van der Waals surface area contributed by atoms with Crippen LogP contribution in [0.15, 0.2) is 42.5 Å². The Morgan fingerprint density at radius 3 is 2.45 bits per heavy atom. The monoisotopic (exact) mass is 270 g/mol. The van der Waals surface area contributed by atoms with Gasteiger partial charge in [0, 0.05) is 19.7 Å². The predicted molar refractivity (Wildman–Crippen MR) is 81.6 cm³/mol. The minimum absolute atomic E-state index is 0.0977. The number of anilines is 2. The van der Waals surface area contributed by atoms with Crippen LogP contribution < -0.4 is 15.4 Å². The largest absolute Gasteiger partial charge is 0.496 e. The molecular weight excluding hydrogens is 252 g/mol. The minimum atomic E-state index is -0.0977. The lowest BCUT2D eigenvalue weighted by Crippen LogP contribution is -2.12. The van der Waals surface area contributed by atoms with Crippen LogP contribution >= 0.6 is 0 Å². The second-order valence-electron chi connectivity index (χ2n) is 4.70. The SMILES string of the molecule is COc1ccccc1C(=O)c1ccc(N(C)C)c(N)c1. The molecule has 0 aliphatic heterocycles. The molecule has 2 rings (SSSR count). The summed E-state index contributed by atoms with van der Waals surface area (Å²) in [6.07, 6.45) is 0. The second-order valence-corrected chi connectivity index (χ2v) is 4.70. The Bertz CT molecular complexity index is 636. The van der Waals surface area contributed by atoms with E-state index < -0.39 is 0 Å². The van der Waals surface area contributed by atoms with E-state index in [4.69, 9.17) is 10.5 Å². The predicted octanol–water partition coefficient (Wildman–Crippen LogP) is 2.57. The molecule has 0 saturated heterocycles. The second kappa shape index (κ2) is 5.65. The van der Waals surface area contributed by atoms with Gasteiger partial charge in [0.1, 0.15) is 5.75 Å². The van der Waals surface area contributed by atoms with Gasteiger partial charge in [-0.05, 0) is 30.3 Å². The Balaban J connectivity index is 2.41. The summed E-state index contributed by atoms with van der Waals surface area (Å²) in [5.74, 6) is 0.465. The molecule has 0 fully saturated rings. The van der Waals surface area contributed by atoms with Crippen LogP contribution in [0.4, 0.5) is 11.4 Å². The normalized spacial score (nSPS) is 10.2. The first kappa shape index (κ1) is 13.9. The van der Waals surface area contributed by atoms with Crippen molar-refractivity contribution in [1.29, 1.82) is 0 Å². The lowest BCUT2D eigenvalue weighted by molar-refractivity contribution is 0.103. The summed E-state index contributed by atoms with van der Waals surface area (Å²) >= 11 is 0. The number of carbonyl (C=O) groups is 1. The van der Waals surface area contributed by atoms with Gasteiger partial charge in [0.2, 0.25) is 0 Å². The van der Waals surface area contributed by atoms with E-state index in [1.807, 2.05) is 37.2 Å². The van der Waals surface area contributed by atoms with Gasteiger partial charge in [0.05, 0.1) is 24.0 Å². The molecule has 0 atom stereocenters. The third-order valence-corrected chi connectivity index (χ3v) is 3.12. The van der Waals surface area contributed by atoms with Crippen molar-refractivity contribution in [2.24, 2.45) is 0 Å². The van der Waals surface area contributed by atoms with E-state index in [-0.39, 0.29) is 5.78 Å². The van der Waals surface area contributed by atoms with Gasteiger partial charge in [-0.2, -0.15) is 0 Å². The van der Waals surface area contributed by atoms with Crippen LogP contribution in [0, 0.1) is 0 Å². The number of ketones is 1. The van der Waals surface area contributed by atoms with E-state index in [2.05, 4.69) is 0 Å². The fourth-order valence-corrected chi connectivity index (χ4v) is 2.09. The first-order valence-electron chi connectivity index (χ1n) is 6.29. The zero-order chi connectivity index (χ0) is 14.7. The average Bonchev–Trinajstić information content (AvgIpc) is 2.45. The molecule has 4 nitrogen and oxygen atoms in total. The number of ether oxygens (including phenoxy) is 1. The fraction of sp³-hybridized carbons (Fsp3) is 0.188. The molecule has 0 amide bonds. The fourth-order valence-electron chi connectivity index (χ4n) is 2.09. The van der Waals surface area contributed by atoms with Gasteiger partial charge >= 0.3 is 0 Å². The summed E-state index contributed by atoms with van der Waals surface area (Å²) in [6.45, 7) is 0. The highest BCUT2D eigenvalue weighted by molar-refractivity contribution is 6.11. The van der Waals surface area contributed by atoms with E-state index in [1.54, 1.807) is 31.4 Å². The highest BCUT2D eigenvalue weighted by atomic mass is 16.5. The highest BCUT2D eigenvalue weighted by Crippen LogP contribution is 2.26. The van der Waals surface area contributed by atoms with E-state index in [1.165, 1.54) is 0 Å². The Kier molecular flexibility index (Phi) is 3.94. The molecule has 0 aromatic heterocycles. The molecular formula is C16H18N2O2. The molecule has 2 N–H and O–H groups in total. The lowest BCUT2D eigenvalue weighted by Gasteiger charge is -2.16. The van der Waals surface area contributed by atoms with Crippen molar-refractivity contribution in [3.63, 3.8) is 0 Å². The van der Waals surface area contributed by atoms with Gasteiger partial charge in [-0.3, -0.25) is 4.79 Å². The molecule has 0 aliphatic rings. The number of methoxy groups -OCH3 is 1. The lowest BCUT2D eigenvalue weighted by atomic mass is 10.0. The van der Waals surface area contributed by atoms with Crippen molar-refractivity contribution in [3.8, 4) is 5.75 Å². The van der Waals surface area contributed by atoms with Crippen molar-refractivity contribution < 1.29 is 9.53 Å². The third kappa shape index (κ3) is 2.59. The molecule has 2 aromatic rings. The zero-order valence-corrected chi connectivity index (χ0v) is 11.9. The molecule has 0 bridgehead atoms. The number of carbonyl (C=O) groups excluding carboxylic acids is 1. The third-order valence-electron chi connectivity index (χ3n) is 3.12. The molecule has 0 spiro atoms. The van der Waals surface area contributed by atoms with Crippen LogP contribution in [-0.4, -0.2) is 27.0 Å². The first-order chi connectivity index (χ1) is 9.54. The maximum atomic E-state index is 12.5. The smallest absolute Gasteiger partial charge is 0.196 e. The van der Waals surface area contributed by atoms with Crippen molar-refractivity contribution in [2.75, 3.05) is 31.8 Å². The van der Waals surface area contributed by atoms with Gasteiger partial charge < -0.3 is 15.4 Å². The molecule has 2 aromatic carbocycles. The Morgan fingerprint density at radius 2 is 1.85 bits per heavy atom. The average molecular weight is 270 g/mol. The van der Waals surface area contributed by atoms with Gasteiger partial charge in [0.15, 0.2) is 5.78 Å². The quantitative estimate of drug-likeness (QED) is 0.685. The summed E-state index contributed by atoms with van der Waals surface area (Å²) in [7, 11) is 5.37. The highest BCUT2D eigenvalue weighted by Gasteiger charge is 2.15. The van der Waals surface area contributed by atoms with Crippen LogP contribution in [0.3, 0.4) is 0 Å². The number of rotatable bonds is 4. The molecule has 0 heterocycles. The number of nitrogens with zero attached hydrogens (tertiary/aromatic N) is 1. The van der Waals surface area contributed by atoms with Gasteiger partial charge in [0.25, 0.3) is 0 Å². The molecule has 20 heavy (non-hydrogen) atoms. The number of hydrogen-bond donors (Lipinski definition) is 1. The van der Waals surface area contributed by atoms with E-state index in [0.29, 0.717) is 22.6 Å². The van der Waals surface area contributed by atoms with Crippen molar-refractivity contribution in [1.82, 2.24) is 0 Å². The van der Waals surface area contributed by atoms with E-state index >= 15 is 0 Å². The zero-order valence-electron chi connectivity index (χ0n) is 11.9. The van der Waals surface area contributed by atoms with Gasteiger partial charge in [-0.15, -0.1) is 0 Å². The van der Waals surface area contributed by atoms with Crippen LogP contribution in [0.2, 0.25) is 0 Å². The maximum absolute atomic E-state index is 12.5. The molecule has 0 aliphatic carbocycles. The number of para-hydroxylation sites is 1. The van der Waals surface area contributed by atoms with Crippen LogP contribution in [0.25, 0.3) is 0 Å². The van der Waals surface area contributed by atoms with Crippen molar-refractivity contribution >= 4 is 17.2 Å². The summed E-state index contributed by atoms with van der Waals surface area (Å²) in [6, 6.07) is 12.5. The summed E-state index contributed by atoms with van der Waals surface area (Å²) in [5, 5.41) is 0. The Labute approximate surface area is 118 Å². The molecule has 104 valence electrons. The molecule has 4 heteroatoms. The number of nitrogen functional groups attached to an aromatic ring is 1. The van der Waals surface area contributed by atoms with Gasteiger partial charge in [-0.25, -0.2) is 0 Å².